The van der Waals surface area contributed by atoms with Crippen molar-refractivity contribution < 1.29 is 0 Å². The van der Waals surface area contributed by atoms with Gasteiger partial charge in [0.15, 0.2) is 0 Å². The molecule has 0 bridgehead atoms. The van der Waals surface area contributed by atoms with Gasteiger partial charge in [0.05, 0.1) is 0 Å². The highest BCUT2D eigenvalue weighted by Crippen LogP contribution is 2.45. The third kappa shape index (κ3) is 6.46. The summed E-state index contributed by atoms with van der Waals surface area (Å²) in [5.41, 5.74) is 17.0. The van der Waals surface area contributed by atoms with Crippen LogP contribution in [0, 0.1) is 0 Å². The maximum Gasteiger partial charge on any atom is -0.00261 e. The number of benzene rings is 11. The Hall–Kier alpha value is -7.80. The third-order valence-electron chi connectivity index (χ3n) is 12.0. The van der Waals surface area contributed by atoms with Crippen LogP contribution in [0.5, 0.6) is 0 Å². The summed E-state index contributed by atoms with van der Waals surface area (Å²) in [6.07, 6.45) is 0. The van der Waals surface area contributed by atoms with Gasteiger partial charge in [-0.3, -0.25) is 0 Å². The molecule has 0 heterocycles. The Kier molecular flexibility index (Phi) is 8.95. The smallest absolute Gasteiger partial charge is 0.00261 e. The molecule has 0 heteroatoms. The minimum atomic E-state index is 1.19. The Morgan fingerprint density at radius 3 is 1.03 bits per heavy atom. The summed E-state index contributed by atoms with van der Waals surface area (Å²) in [6, 6.07) is 88.8. The first-order valence-corrected chi connectivity index (χ1v) is 20.7. The molecule has 0 nitrogen and oxygen atoms in total. The molecule has 0 aliphatic rings. The van der Waals surface area contributed by atoms with Gasteiger partial charge in [-0.15, -0.1) is 0 Å². The van der Waals surface area contributed by atoms with Gasteiger partial charge in [0.1, 0.15) is 0 Å². The molecule has 0 atom stereocenters. The molecule has 0 amide bonds. The Morgan fingerprint density at radius 2 is 0.533 bits per heavy atom. The topological polar surface area (TPSA) is 0 Å². The number of hydrogen-bond donors (Lipinski definition) is 0. The van der Waals surface area contributed by atoms with Crippen molar-refractivity contribution in [2.75, 3.05) is 0 Å². The summed E-state index contributed by atoms with van der Waals surface area (Å²) < 4.78 is 0. The average Bonchev–Trinajstić information content (AvgIpc) is 3.33. The van der Waals surface area contributed by atoms with Gasteiger partial charge >= 0.3 is 0 Å². The first-order chi connectivity index (χ1) is 29.7. The highest BCUT2D eigenvalue weighted by molar-refractivity contribution is 6.22. The first-order valence-electron chi connectivity index (χ1n) is 20.7. The number of hydrogen-bond acceptors (Lipinski definition) is 0. The van der Waals surface area contributed by atoms with Crippen molar-refractivity contribution in [1.82, 2.24) is 0 Å². The van der Waals surface area contributed by atoms with Gasteiger partial charge in [0.25, 0.3) is 0 Å². The highest BCUT2D eigenvalue weighted by Gasteiger charge is 2.18. The molecule has 0 unspecified atom stereocenters. The quantitative estimate of drug-likeness (QED) is 0.142. The van der Waals surface area contributed by atoms with E-state index in [1.807, 2.05) is 0 Å². The summed E-state index contributed by atoms with van der Waals surface area (Å²) >= 11 is 0. The predicted molar refractivity (Wildman–Crippen MR) is 257 cm³/mol. The highest BCUT2D eigenvalue weighted by atomic mass is 14.2. The van der Waals surface area contributed by atoms with Gasteiger partial charge in [-0.25, -0.2) is 0 Å². The normalized spacial score (nSPS) is 11.3. The second-order valence-corrected chi connectivity index (χ2v) is 15.6. The number of fused-ring (bicyclic) bond motifs is 3. The van der Waals surface area contributed by atoms with E-state index < -0.39 is 0 Å². The fourth-order valence-electron chi connectivity index (χ4n) is 9.16. The van der Waals surface area contributed by atoms with E-state index in [9.17, 15) is 0 Å². The third-order valence-corrected chi connectivity index (χ3v) is 12.0. The van der Waals surface area contributed by atoms with Gasteiger partial charge in [0.2, 0.25) is 0 Å². The summed E-state index contributed by atoms with van der Waals surface area (Å²) in [7, 11) is 0. The van der Waals surface area contributed by atoms with Crippen LogP contribution in [0.3, 0.4) is 0 Å². The maximum absolute atomic E-state index is 2.44. The van der Waals surface area contributed by atoms with Crippen molar-refractivity contribution in [2.45, 2.75) is 0 Å². The molecule has 0 aliphatic heterocycles. The second-order valence-electron chi connectivity index (χ2n) is 15.6. The van der Waals surface area contributed by atoms with Crippen molar-refractivity contribution in [3.63, 3.8) is 0 Å². The van der Waals surface area contributed by atoms with Gasteiger partial charge in [0, 0.05) is 0 Å². The Balaban J connectivity index is 1.13. The summed E-state index contributed by atoms with van der Waals surface area (Å²) in [5, 5.41) is 7.47. The van der Waals surface area contributed by atoms with Gasteiger partial charge in [-0.1, -0.05) is 206 Å². The van der Waals surface area contributed by atoms with Crippen molar-refractivity contribution in [3.8, 4) is 77.9 Å². The number of rotatable bonds is 7. The molecule has 11 aromatic rings. The summed E-state index contributed by atoms with van der Waals surface area (Å²) in [4.78, 5) is 0. The lowest BCUT2D eigenvalue weighted by Gasteiger charge is -2.19. The van der Waals surface area contributed by atoms with Crippen LogP contribution in [0.25, 0.3) is 110 Å². The molecule has 0 spiro atoms. The average molecular weight is 761 g/mol. The standard InChI is InChI=1S/C60H40/c1-4-17-41(18-5-1)44-23-14-25-46(35-44)47-26-16-28-49(37-47)58-40-52(48-27-15-24-45(36-48)42-19-6-2-7-20-42)38-50-33-34-51(39-57(50)58)60-55-31-12-10-29-53(55)59(43-21-8-3-9-22-43)54-30-11-13-32-56(54)60/h1-40H. The van der Waals surface area contributed by atoms with Crippen LogP contribution in [-0.4, -0.2) is 0 Å². The molecule has 0 aromatic heterocycles. The van der Waals surface area contributed by atoms with E-state index in [0.717, 1.165) is 0 Å². The van der Waals surface area contributed by atoms with Crippen LogP contribution in [0.15, 0.2) is 243 Å². The molecular formula is C60H40. The summed E-state index contributed by atoms with van der Waals surface area (Å²) in [6.45, 7) is 0. The fourth-order valence-corrected chi connectivity index (χ4v) is 9.16. The molecule has 11 rings (SSSR count). The second kappa shape index (κ2) is 15.2. The SMILES string of the molecule is c1ccc(-c2cccc(-c3cccc(-c4cc(-c5cccc(-c6ccccc6)c5)cc5ccc(-c6c7ccccc7c(-c7ccccc7)c7ccccc67)cc45)c3)c2)cc1. The minimum Gasteiger partial charge on any atom is -0.0622 e. The monoisotopic (exact) mass is 760 g/mol. The van der Waals surface area contributed by atoms with Crippen LogP contribution >= 0.6 is 0 Å². The van der Waals surface area contributed by atoms with Crippen molar-refractivity contribution in [2.24, 2.45) is 0 Å². The van der Waals surface area contributed by atoms with Crippen molar-refractivity contribution in [3.05, 3.63) is 243 Å². The van der Waals surface area contributed by atoms with Crippen LogP contribution in [0.1, 0.15) is 0 Å². The largest absolute Gasteiger partial charge is 0.0622 e. The van der Waals surface area contributed by atoms with E-state index in [1.165, 1.54) is 110 Å². The molecule has 0 saturated carbocycles. The van der Waals surface area contributed by atoms with Crippen LogP contribution in [0.2, 0.25) is 0 Å². The Morgan fingerprint density at radius 1 is 0.167 bits per heavy atom. The Bertz CT molecular complexity index is 3280. The van der Waals surface area contributed by atoms with Gasteiger partial charge in [-0.05, 0) is 147 Å². The maximum atomic E-state index is 2.44. The lowest BCUT2D eigenvalue weighted by molar-refractivity contribution is 1.57. The van der Waals surface area contributed by atoms with E-state index in [0.29, 0.717) is 0 Å². The summed E-state index contributed by atoms with van der Waals surface area (Å²) in [5.74, 6) is 0. The van der Waals surface area contributed by atoms with E-state index in [4.69, 9.17) is 0 Å². The van der Waals surface area contributed by atoms with E-state index in [-0.39, 0.29) is 0 Å². The fraction of sp³-hybridized carbons (Fsp3) is 0. The molecule has 0 aliphatic carbocycles. The van der Waals surface area contributed by atoms with E-state index >= 15 is 0 Å². The van der Waals surface area contributed by atoms with Crippen LogP contribution < -0.4 is 0 Å². The molecule has 280 valence electrons. The van der Waals surface area contributed by atoms with Crippen molar-refractivity contribution >= 4 is 32.3 Å². The molecule has 60 heavy (non-hydrogen) atoms. The zero-order valence-corrected chi connectivity index (χ0v) is 33.1. The first kappa shape index (κ1) is 35.4. The molecular weight excluding hydrogens is 721 g/mol. The van der Waals surface area contributed by atoms with Crippen LogP contribution in [0.4, 0.5) is 0 Å². The molecule has 0 fully saturated rings. The predicted octanol–water partition coefficient (Wildman–Crippen LogP) is 16.8. The Labute approximate surface area is 351 Å². The van der Waals surface area contributed by atoms with Gasteiger partial charge in [-0.2, -0.15) is 0 Å². The molecule has 0 radical (unpaired) electrons. The molecule has 0 saturated heterocycles. The van der Waals surface area contributed by atoms with Crippen molar-refractivity contribution in [1.29, 1.82) is 0 Å². The van der Waals surface area contributed by atoms with Gasteiger partial charge < -0.3 is 0 Å². The molecule has 11 aromatic carbocycles. The minimum absolute atomic E-state index is 1.19. The lowest BCUT2D eigenvalue weighted by atomic mass is 9.84. The lowest BCUT2D eigenvalue weighted by Crippen LogP contribution is -1.92. The zero-order chi connectivity index (χ0) is 39.8. The van der Waals surface area contributed by atoms with Crippen LogP contribution in [-0.2, 0) is 0 Å². The zero-order valence-electron chi connectivity index (χ0n) is 33.1. The van der Waals surface area contributed by atoms with E-state index in [2.05, 4.69) is 243 Å². The van der Waals surface area contributed by atoms with E-state index in [1.54, 1.807) is 0 Å². The molecule has 0 N–H and O–H groups in total.